The maximum Gasteiger partial charge on any atom is 0.179 e. The van der Waals surface area contributed by atoms with E-state index in [1.54, 1.807) is 0 Å². The van der Waals surface area contributed by atoms with Gasteiger partial charge in [-0.3, -0.25) is 4.79 Å². The number of hydrogen-bond donors (Lipinski definition) is 1. The van der Waals surface area contributed by atoms with E-state index in [2.05, 4.69) is 24.4 Å². The highest BCUT2D eigenvalue weighted by molar-refractivity contribution is 6.00. The molecule has 1 saturated carbocycles. The van der Waals surface area contributed by atoms with Crippen LogP contribution in [0, 0.1) is 5.92 Å². The van der Waals surface area contributed by atoms with Crippen molar-refractivity contribution in [1.82, 2.24) is 5.32 Å². The van der Waals surface area contributed by atoms with Gasteiger partial charge in [0.1, 0.15) is 0 Å². The van der Waals surface area contributed by atoms with Crippen molar-refractivity contribution < 1.29 is 4.79 Å². The Morgan fingerprint density at radius 1 is 1.32 bits per heavy atom. The lowest BCUT2D eigenvalue weighted by atomic mass is 9.84. The van der Waals surface area contributed by atoms with Crippen LogP contribution in [0.3, 0.4) is 0 Å². The zero-order valence-electron chi connectivity index (χ0n) is 11.7. The summed E-state index contributed by atoms with van der Waals surface area (Å²) in [6, 6.07) is 8.78. The van der Waals surface area contributed by atoms with E-state index < -0.39 is 0 Å². The number of aryl methyl sites for hydroxylation is 1. The molecule has 1 N–H and O–H groups in total. The number of hydrogen-bond acceptors (Lipinski definition) is 2. The Morgan fingerprint density at radius 3 is 2.95 bits per heavy atom. The summed E-state index contributed by atoms with van der Waals surface area (Å²) in [4.78, 5) is 12.6. The molecule has 1 aliphatic carbocycles. The number of Topliss-reactive ketones (excluding diaryl/α,β-unsaturated/α-hetero) is 1. The van der Waals surface area contributed by atoms with E-state index in [1.165, 1.54) is 31.2 Å². The largest absolute Gasteiger partial charge is 0.304 e. The Hall–Kier alpha value is -1.15. The smallest absolute Gasteiger partial charge is 0.179 e. The molecule has 2 nitrogen and oxygen atoms in total. The van der Waals surface area contributed by atoms with E-state index in [1.807, 2.05) is 12.1 Å². The molecule has 102 valence electrons. The lowest BCUT2D eigenvalue weighted by molar-refractivity contribution is 0.0949. The molecule has 0 spiro atoms. The summed E-state index contributed by atoms with van der Waals surface area (Å²) >= 11 is 0. The maximum atomic E-state index is 12.6. The van der Waals surface area contributed by atoms with Gasteiger partial charge in [0.15, 0.2) is 5.78 Å². The predicted molar refractivity (Wildman–Crippen MR) is 77.4 cm³/mol. The summed E-state index contributed by atoms with van der Waals surface area (Å²) < 4.78 is 0. The zero-order chi connectivity index (χ0) is 13.2. The number of carbonyl (C=O) groups is 1. The van der Waals surface area contributed by atoms with Crippen molar-refractivity contribution in [1.29, 1.82) is 0 Å². The van der Waals surface area contributed by atoms with Gasteiger partial charge < -0.3 is 5.32 Å². The summed E-state index contributed by atoms with van der Waals surface area (Å²) in [6.45, 7) is 2.13. The third-order valence-corrected chi connectivity index (χ3v) is 4.80. The van der Waals surface area contributed by atoms with E-state index in [4.69, 9.17) is 0 Å². The third kappa shape index (κ3) is 2.59. The van der Waals surface area contributed by atoms with E-state index in [0.29, 0.717) is 11.8 Å². The monoisotopic (exact) mass is 257 g/mol. The van der Waals surface area contributed by atoms with Crippen LogP contribution in [-0.2, 0) is 6.42 Å². The summed E-state index contributed by atoms with van der Waals surface area (Å²) in [6.07, 6.45) is 7.25. The molecule has 0 bridgehead atoms. The van der Waals surface area contributed by atoms with Gasteiger partial charge in [-0.2, -0.15) is 0 Å². The van der Waals surface area contributed by atoms with Crippen molar-refractivity contribution in [3.8, 4) is 0 Å². The van der Waals surface area contributed by atoms with Gasteiger partial charge in [0.05, 0.1) is 6.04 Å². The lowest BCUT2D eigenvalue weighted by Crippen LogP contribution is -2.37. The highest BCUT2D eigenvalue weighted by Gasteiger charge is 2.38. The molecule has 1 aromatic rings. The number of rotatable bonds is 3. The van der Waals surface area contributed by atoms with Crippen molar-refractivity contribution in [2.45, 2.75) is 57.5 Å². The van der Waals surface area contributed by atoms with Gasteiger partial charge in [-0.1, -0.05) is 38.0 Å². The summed E-state index contributed by atoms with van der Waals surface area (Å²) in [5.41, 5.74) is 2.14. The SMILES string of the molecule is CCc1cccc(C(=O)C2CC3CCCCC3N2)c1. The number of benzene rings is 1. The third-order valence-electron chi connectivity index (χ3n) is 4.80. The predicted octanol–water partition coefficient (Wildman–Crippen LogP) is 3.35. The molecule has 1 aliphatic heterocycles. The Kier molecular flexibility index (Phi) is 3.69. The second-order valence-electron chi connectivity index (χ2n) is 6.02. The minimum Gasteiger partial charge on any atom is -0.304 e. The summed E-state index contributed by atoms with van der Waals surface area (Å²) in [5, 5.41) is 3.58. The maximum absolute atomic E-state index is 12.6. The average molecular weight is 257 g/mol. The van der Waals surface area contributed by atoms with Gasteiger partial charge in [0.2, 0.25) is 0 Å². The molecule has 1 heterocycles. The quantitative estimate of drug-likeness (QED) is 0.841. The Balaban J connectivity index is 1.73. The van der Waals surface area contributed by atoms with Crippen LogP contribution in [0.4, 0.5) is 0 Å². The first-order valence-electron chi connectivity index (χ1n) is 7.67. The minimum atomic E-state index is 0.0557. The second kappa shape index (κ2) is 5.46. The molecule has 0 amide bonds. The molecule has 1 saturated heterocycles. The first kappa shape index (κ1) is 12.9. The number of nitrogens with one attached hydrogen (secondary N) is 1. The van der Waals surface area contributed by atoms with E-state index >= 15 is 0 Å². The molecule has 0 radical (unpaired) electrons. The van der Waals surface area contributed by atoms with Crippen LogP contribution >= 0.6 is 0 Å². The van der Waals surface area contributed by atoms with Gasteiger partial charge in [-0.05, 0) is 43.2 Å². The summed E-state index contributed by atoms with van der Waals surface area (Å²) in [7, 11) is 0. The fourth-order valence-corrected chi connectivity index (χ4v) is 3.67. The normalized spacial score (nSPS) is 30.1. The molecule has 3 unspecified atom stereocenters. The van der Waals surface area contributed by atoms with E-state index in [0.717, 1.165) is 24.3 Å². The standard InChI is InChI=1S/C17H23NO/c1-2-12-6-5-8-14(10-12)17(19)16-11-13-7-3-4-9-15(13)18-16/h5-6,8,10,13,15-16,18H,2-4,7,9,11H2,1H3. The average Bonchev–Trinajstić information content (AvgIpc) is 2.90. The van der Waals surface area contributed by atoms with Crippen LogP contribution in [0.2, 0.25) is 0 Å². The molecule has 3 rings (SSSR count). The van der Waals surface area contributed by atoms with Crippen molar-refractivity contribution >= 4 is 5.78 Å². The minimum absolute atomic E-state index is 0.0557. The molecular formula is C17H23NO. The number of fused-ring (bicyclic) bond motifs is 1. The van der Waals surface area contributed by atoms with Crippen LogP contribution in [0.5, 0.6) is 0 Å². The molecule has 3 atom stereocenters. The molecule has 2 aliphatic rings. The van der Waals surface area contributed by atoms with Crippen LogP contribution in [0.15, 0.2) is 24.3 Å². The lowest BCUT2D eigenvalue weighted by Gasteiger charge is -2.24. The second-order valence-corrected chi connectivity index (χ2v) is 6.02. The van der Waals surface area contributed by atoms with Crippen molar-refractivity contribution in [3.05, 3.63) is 35.4 Å². The van der Waals surface area contributed by atoms with Crippen LogP contribution < -0.4 is 5.32 Å². The molecule has 19 heavy (non-hydrogen) atoms. The van der Waals surface area contributed by atoms with Gasteiger partial charge in [-0.15, -0.1) is 0 Å². The Bertz CT molecular complexity index is 454. The molecule has 2 fully saturated rings. The fraction of sp³-hybridized carbons (Fsp3) is 0.588. The van der Waals surface area contributed by atoms with E-state index in [9.17, 15) is 4.79 Å². The molecule has 0 aromatic heterocycles. The van der Waals surface area contributed by atoms with Gasteiger partial charge in [-0.25, -0.2) is 0 Å². The van der Waals surface area contributed by atoms with Gasteiger partial charge in [0, 0.05) is 11.6 Å². The Morgan fingerprint density at radius 2 is 2.16 bits per heavy atom. The fourth-order valence-electron chi connectivity index (χ4n) is 3.67. The van der Waals surface area contributed by atoms with Crippen molar-refractivity contribution in [3.63, 3.8) is 0 Å². The molecular weight excluding hydrogens is 234 g/mol. The van der Waals surface area contributed by atoms with Crippen molar-refractivity contribution in [2.75, 3.05) is 0 Å². The topological polar surface area (TPSA) is 29.1 Å². The molecule has 1 aromatic carbocycles. The summed E-state index contributed by atoms with van der Waals surface area (Å²) in [5.74, 6) is 1.03. The number of ketones is 1. The molecule has 2 heteroatoms. The van der Waals surface area contributed by atoms with Crippen LogP contribution in [0.25, 0.3) is 0 Å². The first-order chi connectivity index (χ1) is 9.28. The highest BCUT2D eigenvalue weighted by Crippen LogP contribution is 2.34. The van der Waals surface area contributed by atoms with Crippen LogP contribution in [-0.4, -0.2) is 17.9 Å². The Labute approximate surface area is 115 Å². The van der Waals surface area contributed by atoms with E-state index in [-0.39, 0.29) is 6.04 Å². The van der Waals surface area contributed by atoms with Crippen molar-refractivity contribution in [2.24, 2.45) is 5.92 Å². The first-order valence-corrected chi connectivity index (χ1v) is 7.67. The van der Waals surface area contributed by atoms with Gasteiger partial charge in [0.25, 0.3) is 0 Å². The number of carbonyl (C=O) groups excluding carboxylic acids is 1. The van der Waals surface area contributed by atoms with Gasteiger partial charge >= 0.3 is 0 Å². The van der Waals surface area contributed by atoms with Crippen LogP contribution in [0.1, 0.15) is 54.9 Å². The zero-order valence-corrected chi connectivity index (χ0v) is 11.7. The highest BCUT2D eigenvalue weighted by atomic mass is 16.1.